The van der Waals surface area contributed by atoms with Crippen molar-refractivity contribution >= 4 is 56.1 Å². The molecule has 0 spiro atoms. The van der Waals surface area contributed by atoms with E-state index in [9.17, 15) is 9.18 Å². The number of benzene rings is 2. The number of nitrogens with zero attached hydrogens (tertiary/aromatic N) is 3. The maximum atomic E-state index is 12.9. The third-order valence-corrected chi connectivity index (χ3v) is 8.06. The Morgan fingerprint density at radius 1 is 1.13 bits per heavy atom. The lowest BCUT2D eigenvalue weighted by Crippen LogP contribution is -2.48. The topological polar surface area (TPSA) is 36.4 Å². The van der Waals surface area contributed by atoms with Crippen LogP contribution in [0.4, 0.5) is 9.52 Å². The van der Waals surface area contributed by atoms with E-state index in [4.69, 9.17) is 4.98 Å². The number of halogens is 1. The summed E-state index contributed by atoms with van der Waals surface area (Å²) in [5.41, 5.74) is 1.09. The summed E-state index contributed by atoms with van der Waals surface area (Å²) in [5.74, 6) is 0.869. The molecule has 0 radical (unpaired) electrons. The Kier molecular flexibility index (Phi) is 7.17. The Balaban J connectivity index is 1.24. The quantitative estimate of drug-likeness (QED) is 0.349. The number of rotatable bonds is 7. The number of thioether (sulfide) groups is 2. The molecular formula is C22H24FN3OS3. The monoisotopic (exact) mass is 461 g/mol. The van der Waals surface area contributed by atoms with Gasteiger partial charge in [-0.15, -0.1) is 23.5 Å². The molecule has 2 aromatic carbocycles. The molecule has 1 aromatic heterocycles. The largest absolute Gasteiger partial charge is 0.345 e. The fraction of sp³-hybridized carbons (Fsp3) is 0.364. The van der Waals surface area contributed by atoms with Crippen LogP contribution in [0, 0.1) is 5.82 Å². The van der Waals surface area contributed by atoms with Crippen molar-refractivity contribution in [3.8, 4) is 0 Å². The van der Waals surface area contributed by atoms with E-state index in [0.717, 1.165) is 53.9 Å². The van der Waals surface area contributed by atoms with Crippen LogP contribution in [0.3, 0.4) is 0 Å². The number of hydrogen-bond donors (Lipinski definition) is 0. The van der Waals surface area contributed by atoms with Crippen LogP contribution in [-0.2, 0) is 4.79 Å². The molecule has 0 aliphatic carbocycles. The number of thiazole rings is 1. The number of carbonyl (C=O) groups is 1. The number of piperazine rings is 1. The molecule has 1 fully saturated rings. The average Bonchev–Trinajstić information content (AvgIpc) is 3.22. The van der Waals surface area contributed by atoms with Crippen molar-refractivity contribution in [1.82, 2.24) is 9.88 Å². The molecule has 4 rings (SSSR count). The number of anilines is 1. The van der Waals surface area contributed by atoms with Gasteiger partial charge in [0, 0.05) is 42.4 Å². The molecule has 4 nitrogen and oxygen atoms in total. The first-order valence-corrected chi connectivity index (χ1v) is 13.0. The highest BCUT2D eigenvalue weighted by Gasteiger charge is 2.23. The minimum Gasteiger partial charge on any atom is -0.345 e. The highest BCUT2D eigenvalue weighted by atomic mass is 32.2. The highest BCUT2D eigenvalue weighted by Crippen LogP contribution is 2.34. The van der Waals surface area contributed by atoms with Gasteiger partial charge in [-0.1, -0.05) is 17.4 Å². The van der Waals surface area contributed by atoms with Crippen molar-refractivity contribution in [2.24, 2.45) is 0 Å². The van der Waals surface area contributed by atoms with Crippen LogP contribution in [0.5, 0.6) is 0 Å². The van der Waals surface area contributed by atoms with Crippen molar-refractivity contribution < 1.29 is 9.18 Å². The number of amides is 1. The zero-order valence-electron chi connectivity index (χ0n) is 16.8. The van der Waals surface area contributed by atoms with Gasteiger partial charge in [-0.25, -0.2) is 9.37 Å². The van der Waals surface area contributed by atoms with E-state index in [1.54, 1.807) is 47.0 Å². The van der Waals surface area contributed by atoms with Gasteiger partial charge >= 0.3 is 0 Å². The normalized spacial score (nSPS) is 14.5. The Morgan fingerprint density at radius 2 is 1.90 bits per heavy atom. The summed E-state index contributed by atoms with van der Waals surface area (Å²) in [6.07, 6.45) is 3.47. The third kappa shape index (κ3) is 5.10. The van der Waals surface area contributed by atoms with Crippen molar-refractivity contribution in [3.63, 3.8) is 0 Å². The summed E-state index contributed by atoms with van der Waals surface area (Å²) >= 11 is 5.12. The third-order valence-electron chi connectivity index (χ3n) is 5.11. The molecular weight excluding hydrogens is 437 g/mol. The first kappa shape index (κ1) is 21.5. The van der Waals surface area contributed by atoms with Gasteiger partial charge in [0.2, 0.25) is 5.91 Å². The van der Waals surface area contributed by atoms with Crippen LogP contribution in [0.15, 0.2) is 52.3 Å². The molecule has 1 aliphatic heterocycles. The maximum absolute atomic E-state index is 12.9. The molecule has 8 heteroatoms. The fourth-order valence-corrected chi connectivity index (χ4v) is 5.99. The second-order valence-corrected chi connectivity index (χ2v) is 10.1. The lowest BCUT2D eigenvalue weighted by molar-refractivity contribution is -0.131. The molecule has 2 heterocycles. The highest BCUT2D eigenvalue weighted by molar-refractivity contribution is 7.99. The maximum Gasteiger partial charge on any atom is 0.222 e. The molecule has 1 amide bonds. The number of para-hydroxylation sites is 1. The Bertz CT molecular complexity index is 1000. The SMILES string of the molecule is CSc1cccc2sc(N3CCN(C(=O)CCCSc4ccc(F)cc4)CC3)nc12. The smallest absolute Gasteiger partial charge is 0.222 e. The summed E-state index contributed by atoms with van der Waals surface area (Å²) < 4.78 is 14.2. The van der Waals surface area contributed by atoms with Gasteiger partial charge in [0.05, 0.1) is 10.2 Å². The summed E-state index contributed by atoms with van der Waals surface area (Å²) in [7, 11) is 0. The molecule has 0 N–H and O–H groups in total. The lowest BCUT2D eigenvalue weighted by atomic mass is 10.2. The number of carbonyl (C=O) groups excluding carboxylic acids is 1. The molecule has 0 atom stereocenters. The van der Waals surface area contributed by atoms with E-state index in [-0.39, 0.29) is 11.7 Å². The van der Waals surface area contributed by atoms with Crippen LogP contribution >= 0.6 is 34.9 Å². The molecule has 30 heavy (non-hydrogen) atoms. The van der Waals surface area contributed by atoms with E-state index in [1.807, 2.05) is 4.90 Å². The first-order valence-electron chi connectivity index (χ1n) is 9.98. The van der Waals surface area contributed by atoms with Gasteiger partial charge in [-0.2, -0.15) is 0 Å². The van der Waals surface area contributed by atoms with Crippen molar-refractivity contribution in [3.05, 3.63) is 48.3 Å². The number of hydrogen-bond acceptors (Lipinski definition) is 6. The van der Waals surface area contributed by atoms with Crippen molar-refractivity contribution in [1.29, 1.82) is 0 Å². The number of aromatic nitrogens is 1. The zero-order valence-corrected chi connectivity index (χ0v) is 19.3. The Morgan fingerprint density at radius 3 is 2.63 bits per heavy atom. The van der Waals surface area contributed by atoms with E-state index in [2.05, 4.69) is 29.4 Å². The van der Waals surface area contributed by atoms with Crippen LogP contribution in [0.25, 0.3) is 10.2 Å². The summed E-state index contributed by atoms with van der Waals surface area (Å²) in [6.45, 7) is 3.14. The van der Waals surface area contributed by atoms with Gasteiger partial charge < -0.3 is 9.80 Å². The van der Waals surface area contributed by atoms with E-state index in [1.165, 1.54) is 21.7 Å². The molecule has 1 aliphatic rings. The fourth-order valence-electron chi connectivity index (χ4n) is 3.46. The lowest BCUT2D eigenvalue weighted by Gasteiger charge is -2.34. The molecule has 3 aromatic rings. The van der Waals surface area contributed by atoms with Crippen LogP contribution in [0.1, 0.15) is 12.8 Å². The zero-order chi connectivity index (χ0) is 20.9. The van der Waals surface area contributed by atoms with E-state index in [0.29, 0.717) is 6.42 Å². The van der Waals surface area contributed by atoms with E-state index < -0.39 is 0 Å². The molecule has 0 unspecified atom stereocenters. The summed E-state index contributed by atoms with van der Waals surface area (Å²) in [6, 6.07) is 12.8. The molecule has 1 saturated heterocycles. The molecule has 0 saturated carbocycles. The Labute approximate surface area is 188 Å². The van der Waals surface area contributed by atoms with Crippen LogP contribution < -0.4 is 4.90 Å². The second-order valence-electron chi connectivity index (χ2n) is 7.08. The van der Waals surface area contributed by atoms with Crippen LogP contribution in [-0.4, -0.2) is 54.0 Å². The van der Waals surface area contributed by atoms with Crippen molar-refractivity contribution in [2.45, 2.75) is 22.6 Å². The first-order chi connectivity index (χ1) is 14.6. The molecule has 158 valence electrons. The predicted octanol–water partition coefficient (Wildman–Crippen LogP) is 5.38. The van der Waals surface area contributed by atoms with Gasteiger partial charge in [0.25, 0.3) is 0 Å². The summed E-state index contributed by atoms with van der Waals surface area (Å²) in [5, 5.41) is 1.05. The second kappa shape index (κ2) is 10.0. The van der Waals surface area contributed by atoms with Gasteiger partial charge in [0.15, 0.2) is 5.13 Å². The van der Waals surface area contributed by atoms with Crippen molar-refractivity contribution in [2.75, 3.05) is 43.1 Å². The average molecular weight is 462 g/mol. The van der Waals surface area contributed by atoms with Gasteiger partial charge in [-0.05, 0) is 54.8 Å². The predicted molar refractivity (Wildman–Crippen MR) is 127 cm³/mol. The Hall–Kier alpha value is -1.77. The molecule has 0 bridgehead atoms. The van der Waals surface area contributed by atoms with Crippen LogP contribution in [0.2, 0.25) is 0 Å². The standard InChI is InChI=1S/C22H24FN3OS3/c1-28-18-4-2-5-19-21(18)24-22(30-19)26-13-11-25(12-14-26)20(27)6-3-15-29-17-9-7-16(23)8-10-17/h2,4-5,7-10H,3,6,11-15H2,1H3. The minimum atomic E-state index is -0.218. The van der Waals surface area contributed by atoms with Gasteiger partial charge in [-0.3, -0.25) is 4.79 Å². The van der Waals surface area contributed by atoms with E-state index >= 15 is 0 Å². The van der Waals surface area contributed by atoms with Gasteiger partial charge in [0.1, 0.15) is 5.82 Å². The number of fused-ring (bicyclic) bond motifs is 1. The summed E-state index contributed by atoms with van der Waals surface area (Å²) in [4.78, 5) is 23.9. The minimum absolute atomic E-state index is 0.218.